The van der Waals surface area contributed by atoms with Gasteiger partial charge in [0.25, 0.3) is 0 Å². The van der Waals surface area contributed by atoms with Crippen LogP contribution in [0, 0.1) is 13.8 Å². The Labute approximate surface area is 103 Å². The van der Waals surface area contributed by atoms with Crippen molar-refractivity contribution in [1.29, 1.82) is 0 Å². The highest BCUT2D eigenvalue weighted by atomic mass is 32.2. The van der Waals surface area contributed by atoms with E-state index in [1.54, 1.807) is 6.07 Å². The van der Waals surface area contributed by atoms with Crippen LogP contribution in [0.25, 0.3) is 10.8 Å². The van der Waals surface area contributed by atoms with Crippen molar-refractivity contribution in [2.45, 2.75) is 18.7 Å². The molecule has 0 spiro atoms. The monoisotopic (exact) mass is 252 g/mol. The molecule has 0 aliphatic rings. The van der Waals surface area contributed by atoms with Crippen molar-refractivity contribution in [1.82, 2.24) is 0 Å². The van der Waals surface area contributed by atoms with Gasteiger partial charge in [-0.25, -0.2) is 5.26 Å². The Balaban J connectivity index is 2.53. The Morgan fingerprint density at radius 1 is 1.06 bits per heavy atom. The van der Waals surface area contributed by atoms with Crippen molar-refractivity contribution in [2.24, 2.45) is 0 Å². The third kappa shape index (κ3) is 2.53. The smallest absolute Gasteiger partial charge is 0.124 e. The van der Waals surface area contributed by atoms with E-state index in [9.17, 15) is 5.11 Å². The summed E-state index contributed by atoms with van der Waals surface area (Å²) in [5, 5.41) is 23.2. The fourth-order valence-corrected chi connectivity index (χ4v) is 2.13. The number of hydrogen-bond donors (Lipinski definition) is 2. The molecular weight excluding hydrogens is 240 g/mol. The molecular formula is C12H12O4S. The normalized spacial score (nSPS) is 11.0. The maximum Gasteiger partial charge on any atom is 0.124 e. The van der Waals surface area contributed by atoms with Crippen LogP contribution in [0.5, 0.6) is 5.75 Å². The Morgan fingerprint density at radius 2 is 1.76 bits per heavy atom. The van der Waals surface area contributed by atoms with Gasteiger partial charge in [0.15, 0.2) is 0 Å². The third-order valence-electron chi connectivity index (χ3n) is 2.68. The first-order valence-electron chi connectivity index (χ1n) is 5.00. The summed E-state index contributed by atoms with van der Waals surface area (Å²) in [6.07, 6.45) is 0. The molecule has 0 bridgehead atoms. The number of phenolic OH excluding ortho intramolecular Hbond substituents is 1. The molecule has 0 aliphatic carbocycles. The zero-order valence-corrected chi connectivity index (χ0v) is 10.2. The minimum atomic E-state index is 0.176. The Kier molecular flexibility index (Phi) is 3.54. The summed E-state index contributed by atoms with van der Waals surface area (Å²) >= 11 is 0.827. The molecule has 5 heteroatoms. The number of rotatable bonds is 3. The summed E-state index contributed by atoms with van der Waals surface area (Å²) in [4.78, 5) is 0.646. The summed E-state index contributed by atoms with van der Waals surface area (Å²) in [5.74, 6) is 0.176. The second-order valence-corrected chi connectivity index (χ2v) is 4.60. The van der Waals surface area contributed by atoms with Crippen molar-refractivity contribution in [2.75, 3.05) is 0 Å². The van der Waals surface area contributed by atoms with Gasteiger partial charge in [-0.1, -0.05) is 11.1 Å². The molecule has 2 aromatic carbocycles. The number of hydrogen-bond acceptors (Lipinski definition) is 5. The average molecular weight is 252 g/mol. The molecule has 90 valence electrons. The molecule has 0 saturated heterocycles. The molecule has 2 aromatic rings. The van der Waals surface area contributed by atoms with Gasteiger partial charge in [0.05, 0.1) is 12.0 Å². The number of benzene rings is 2. The van der Waals surface area contributed by atoms with Gasteiger partial charge in [0.2, 0.25) is 0 Å². The molecule has 0 aromatic heterocycles. The standard InChI is InChI=1S/C12H12O4S/c1-7-3-9-5-10(17-16-15-14)6-12(13)11(9)4-8(7)2/h3-6,13-14H,1-2H3. The van der Waals surface area contributed by atoms with Crippen molar-refractivity contribution in [3.05, 3.63) is 35.4 Å². The first-order chi connectivity index (χ1) is 8.11. The SMILES string of the molecule is Cc1cc2cc(SOOO)cc(O)c2cc1C. The van der Waals surface area contributed by atoms with E-state index in [1.165, 1.54) is 0 Å². The molecule has 17 heavy (non-hydrogen) atoms. The van der Waals surface area contributed by atoms with E-state index >= 15 is 0 Å². The Morgan fingerprint density at radius 3 is 2.47 bits per heavy atom. The molecule has 2 rings (SSSR count). The van der Waals surface area contributed by atoms with Crippen LogP contribution in [0.15, 0.2) is 29.2 Å². The fourth-order valence-electron chi connectivity index (χ4n) is 1.69. The molecule has 0 heterocycles. The lowest BCUT2D eigenvalue weighted by Gasteiger charge is -2.07. The maximum absolute atomic E-state index is 9.89. The van der Waals surface area contributed by atoms with E-state index in [2.05, 4.69) is 9.37 Å². The molecule has 0 amide bonds. The van der Waals surface area contributed by atoms with Crippen molar-refractivity contribution < 1.29 is 19.7 Å². The highest BCUT2D eigenvalue weighted by Crippen LogP contribution is 2.33. The van der Waals surface area contributed by atoms with Gasteiger partial charge < -0.3 is 5.11 Å². The van der Waals surface area contributed by atoms with Gasteiger partial charge >= 0.3 is 0 Å². The van der Waals surface area contributed by atoms with Crippen molar-refractivity contribution >= 4 is 22.8 Å². The number of aryl methyl sites for hydroxylation is 2. The van der Waals surface area contributed by atoms with Crippen LogP contribution in [0.3, 0.4) is 0 Å². The lowest BCUT2D eigenvalue weighted by Crippen LogP contribution is -1.85. The number of phenols is 1. The zero-order chi connectivity index (χ0) is 12.4. The second-order valence-electron chi connectivity index (χ2n) is 3.83. The van der Waals surface area contributed by atoms with Gasteiger partial charge in [-0.05, 0) is 48.6 Å². The number of fused-ring (bicyclic) bond motifs is 1. The van der Waals surface area contributed by atoms with Crippen LogP contribution >= 0.6 is 12.0 Å². The first kappa shape index (κ1) is 12.2. The van der Waals surface area contributed by atoms with E-state index in [-0.39, 0.29) is 5.75 Å². The lowest BCUT2D eigenvalue weighted by atomic mass is 10.0. The highest BCUT2D eigenvalue weighted by Gasteiger charge is 2.06. The van der Waals surface area contributed by atoms with Crippen LogP contribution in [0.4, 0.5) is 0 Å². The molecule has 0 aliphatic heterocycles. The van der Waals surface area contributed by atoms with Crippen molar-refractivity contribution in [3.8, 4) is 5.75 Å². The van der Waals surface area contributed by atoms with E-state index in [1.807, 2.05) is 32.0 Å². The van der Waals surface area contributed by atoms with E-state index in [4.69, 9.17) is 5.26 Å². The Bertz CT molecular complexity index is 554. The van der Waals surface area contributed by atoms with Gasteiger partial charge in [0, 0.05) is 10.3 Å². The van der Waals surface area contributed by atoms with Crippen LogP contribution < -0.4 is 0 Å². The summed E-state index contributed by atoms with van der Waals surface area (Å²) in [5.41, 5.74) is 2.28. The van der Waals surface area contributed by atoms with Crippen LogP contribution in [0.2, 0.25) is 0 Å². The highest BCUT2D eigenvalue weighted by molar-refractivity contribution is 7.94. The van der Waals surface area contributed by atoms with Crippen LogP contribution in [-0.4, -0.2) is 10.4 Å². The van der Waals surface area contributed by atoms with Crippen LogP contribution in [0.1, 0.15) is 11.1 Å². The summed E-state index contributed by atoms with van der Waals surface area (Å²) < 4.78 is 4.34. The molecule has 0 saturated carbocycles. The van der Waals surface area contributed by atoms with E-state index in [0.29, 0.717) is 4.90 Å². The predicted molar refractivity (Wildman–Crippen MR) is 65.7 cm³/mol. The Hall–Kier alpha value is -1.27. The lowest BCUT2D eigenvalue weighted by molar-refractivity contribution is -0.432. The minimum Gasteiger partial charge on any atom is -0.507 e. The second kappa shape index (κ2) is 4.93. The third-order valence-corrected chi connectivity index (χ3v) is 3.24. The average Bonchev–Trinajstić information content (AvgIpc) is 2.29. The van der Waals surface area contributed by atoms with Gasteiger partial charge in [0.1, 0.15) is 5.75 Å². The molecule has 0 radical (unpaired) electrons. The summed E-state index contributed by atoms with van der Waals surface area (Å²) in [6, 6.07) is 7.35. The van der Waals surface area contributed by atoms with Crippen LogP contribution in [-0.2, 0) is 9.37 Å². The molecule has 0 fully saturated rings. The van der Waals surface area contributed by atoms with Crippen molar-refractivity contribution in [3.63, 3.8) is 0 Å². The van der Waals surface area contributed by atoms with Gasteiger partial charge in [-0.3, -0.25) is 0 Å². The molecule has 0 atom stereocenters. The summed E-state index contributed by atoms with van der Waals surface area (Å²) in [6.45, 7) is 4.01. The maximum atomic E-state index is 9.89. The first-order valence-corrected chi connectivity index (χ1v) is 5.74. The predicted octanol–water partition coefficient (Wildman–Crippen LogP) is 3.59. The van der Waals surface area contributed by atoms with Gasteiger partial charge in [-0.15, -0.1) is 4.33 Å². The van der Waals surface area contributed by atoms with E-state index in [0.717, 1.165) is 33.9 Å². The van der Waals surface area contributed by atoms with Gasteiger partial charge in [-0.2, -0.15) is 0 Å². The zero-order valence-electron chi connectivity index (χ0n) is 9.43. The summed E-state index contributed by atoms with van der Waals surface area (Å²) in [7, 11) is 0. The van der Waals surface area contributed by atoms with E-state index < -0.39 is 0 Å². The largest absolute Gasteiger partial charge is 0.507 e. The topological polar surface area (TPSA) is 58.9 Å². The fraction of sp³-hybridized carbons (Fsp3) is 0.167. The number of aromatic hydroxyl groups is 1. The molecule has 4 nitrogen and oxygen atoms in total. The molecule has 0 unspecified atom stereocenters. The quantitative estimate of drug-likeness (QED) is 0.496. The molecule has 2 N–H and O–H groups in total. The minimum absolute atomic E-state index is 0.176.